The molecule has 3 N–H and O–H groups in total. The predicted molar refractivity (Wildman–Crippen MR) is 67.3 cm³/mol. The molecule has 0 bridgehead atoms. The van der Waals surface area contributed by atoms with E-state index in [-0.39, 0.29) is 12.2 Å². The van der Waals surface area contributed by atoms with E-state index in [1.165, 1.54) is 30.1 Å². The minimum atomic E-state index is -4.42. The Morgan fingerprint density at radius 3 is 2.70 bits per heavy atom. The van der Waals surface area contributed by atoms with Crippen LogP contribution in [0.4, 0.5) is 13.2 Å². The van der Waals surface area contributed by atoms with Crippen molar-refractivity contribution in [2.45, 2.75) is 19.1 Å². The average molecular weight is 285 g/mol. The molecule has 0 aliphatic rings. The van der Waals surface area contributed by atoms with E-state index in [4.69, 9.17) is 10.8 Å². The molecule has 0 aliphatic heterocycles. The van der Waals surface area contributed by atoms with Gasteiger partial charge >= 0.3 is 6.18 Å². The molecular formula is C13H14F3N3O. The summed E-state index contributed by atoms with van der Waals surface area (Å²) in [6.07, 6.45) is -1.62. The van der Waals surface area contributed by atoms with Crippen LogP contribution in [0.15, 0.2) is 30.7 Å². The second kappa shape index (κ2) is 5.26. The van der Waals surface area contributed by atoms with Crippen LogP contribution in [0.2, 0.25) is 0 Å². The van der Waals surface area contributed by atoms with E-state index in [0.717, 1.165) is 6.07 Å². The van der Waals surface area contributed by atoms with E-state index in [1.807, 2.05) is 0 Å². The zero-order valence-corrected chi connectivity index (χ0v) is 10.7. The maximum absolute atomic E-state index is 12.9. The van der Waals surface area contributed by atoms with Gasteiger partial charge in [0.25, 0.3) is 0 Å². The van der Waals surface area contributed by atoms with Crippen LogP contribution in [0.5, 0.6) is 0 Å². The third-order valence-electron chi connectivity index (χ3n) is 3.05. The molecule has 4 nitrogen and oxygen atoms in total. The standard InChI is InChI=1S/C13H14F3N3O/c1-8-2-3-9(4-10(8)13(14,15)16)19-7-18-5-12(19)11(17)6-20/h2-5,7,11,20H,6,17H2,1H3. The molecule has 0 aliphatic carbocycles. The Hall–Kier alpha value is -1.86. The van der Waals surface area contributed by atoms with E-state index < -0.39 is 17.8 Å². The van der Waals surface area contributed by atoms with Gasteiger partial charge in [-0.05, 0) is 24.6 Å². The molecule has 2 aromatic rings. The maximum atomic E-state index is 12.9. The van der Waals surface area contributed by atoms with Crippen LogP contribution >= 0.6 is 0 Å². The van der Waals surface area contributed by atoms with Gasteiger partial charge in [0.1, 0.15) is 0 Å². The Balaban J connectivity index is 2.52. The Labute approximate surface area is 113 Å². The molecule has 0 spiro atoms. The number of alkyl halides is 3. The van der Waals surface area contributed by atoms with Gasteiger partial charge in [0.05, 0.1) is 36.4 Å². The highest BCUT2D eigenvalue weighted by Gasteiger charge is 2.32. The molecule has 7 heteroatoms. The molecule has 0 amide bonds. The van der Waals surface area contributed by atoms with Crippen molar-refractivity contribution in [3.8, 4) is 5.69 Å². The van der Waals surface area contributed by atoms with Crippen molar-refractivity contribution in [2.75, 3.05) is 6.61 Å². The summed E-state index contributed by atoms with van der Waals surface area (Å²) in [7, 11) is 0. The highest BCUT2D eigenvalue weighted by Crippen LogP contribution is 2.33. The molecule has 0 saturated carbocycles. The molecule has 0 saturated heterocycles. The molecule has 1 atom stereocenters. The van der Waals surface area contributed by atoms with Gasteiger partial charge in [-0.25, -0.2) is 4.98 Å². The molecular weight excluding hydrogens is 271 g/mol. The number of aliphatic hydroxyl groups is 1. The summed E-state index contributed by atoms with van der Waals surface area (Å²) in [5.41, 5.74) is 5.90. The number of nitrogens with two attached hydrogens (primary N) is 1. The highest BCUT2D eigenvalue weighted by molar-refractivity contribution is 5.43. The summed E-state index contributed by atoms with van der Waals surface area (Å²) >= 11 is 0. The molecule has 1 unspecified atom stereocenters. The number of aliphatic hydroxyl groups excluding tert-OH is 1. The first kappa shape index (κ1) is 14.5. The molecule has 108 valence electrons. The Kier molecular flexibility index (Phi) is 3.82. The summed E-state index contributed by atoms with van der Waals surface area (Å²) in [6.45, 7) is 1.09. The van der Waals surface area contributed by atoms with Crippen LogP contribution in [0.1, 0.15) is 22.9 Å². The lowest BCUT2D eigenvalue weighted by Gasteiger charge is -2.16. The van der Waals surface area contributed by atoms with Gasteiger partial charge in [0.2, 0.25) is 0 Å². The summed E-state index contributed by atoms with van der Waals surface area (Å²) in [5.74, 6) is 0. The van der Waals surface area contributed by atoms with Crippen molar-refractivity contribution in [3.05, 3.63) is 47.5 Å². The van der Waals surface area contributed by atoms with Gasteiger partial charge in [0.15, 0.2) is 0 Å². The molecule has 0 radical (unpaired) electrons. The van der Waals surface area contributed by atoms with Crippen LogP contribution < -0.4 is 5.73 Å². The molecule has 1 heterocycles. The zero-order valence-electron chi connectivity index (χ0n) is 10.7. The van der Waals surface area contributed by atoms with Gasteiger partial charge in [-0.1, -0.05) is 6.07 Å². The lowest BCUT2D eigenvalue weighted by atomic mass is 10.1. The number of rotatable bonds is 3. The van der Waals surface area contributed by atoms with Gasteiger partial charge in [-0.15, -0.1) is 0 Å². The van der Waals surface area contributed by atoms with Crippen LogP contribution in [0.25, 0.3) is 5.69 Å². The van der Waals surface area contributed by atoms with Crippen molar-refractivity contribution in [3.63, 3.8) is 0 Å². The second-order valence-electron chi connectivity index (χ2n) is 4.47. The quantitative estimate of drug-likeness (QED) is 0.908. The van der Waals surface area contributed by atoms with Crippen LogP contribution in [0, 0.1) is 6.92 Å². The number of aromatic nitrogens is 2. The highest BCUT2D eigenvalue weighted by atomic mass is 19.4. The first-order valence-corrected chi connectivity index (χ1v) is 5.91. The summed E-state index contributed by atoms with van der Waals surface area (Å²) in [4.78, 5) is 3.87. The molecule has 0 fully saturated rings. The number of nitrogens with zero attached hydrogens (tertiary/aromatic N) is 2. The molecule has 2 rings (SSSR count). The van der Waals surface area contributed by atoms with E-state index in [0.29, 0.717) is 11.4 Å². The molecule has 20 heavy (non-hydrogen) atoms. The number of halogens is 3. The maximum Gasteiger partial charge on any atom is 0.416 e. The normalized spacial score (nSPS) is 13.5. The topological polar surface area (TPSA) is 64.1 Å². The number of benzene rings is 1. The Bertz CT molecular complexity index is 607. The van der Waals surface area contributed by atoms with Gasteiger partial charge in [0, 0.05) is 5.69 Å². The van der Waals surface area contributed by atoms with E-state index in [1.54, 1.807) is 6.07 Å². The summed E-state index contributed by atoms with van der Waals surface area (Å²) < 4.78 is 40.2. The number of aryl methyl sites for hydroxylation is 1. The number of hydrogen-bond donors (Lipinski definition) is 2. The van der Waals surface area contributed by atoms with Gasteiger partial charge in [-0.3, -0.25) is 0 Å². The smallest absolute Gasteiger partial charge is 0.394 e. The van der Waals surface area contributed by atoms with Gasteiger partial charge in [-0.2, -0.15) is 13.2 Å². The monoisotopic (exact) mass is 285 g/mol. The second-order valence-corrected chi connectivity index (χ2v) is 4.47. The third-order valence-corrected chi connectivity index (χ3v) is 3.05. The molecule has 1 aromatic carbocycles. The predicted octanol–water partition coefficient (Wildman–Crippen LogP) is 2.19. The van der Waals surface area contributed by atoms with Crippen molar-refractivity contribution < 1.29 is 18.3 Å². The fourth-order valence-corrected chi connectivity index (χ4v) is 1.95. The van der Waals surface area contributed by atoms with Crippen LogP contribution in [-0.2, 0) is 6.18 Å². The largest absolute Gasteiger partial charge is 0.416 e. The third kappa shape index (κ3) is 2.68. The van der Waals surface area contributed by atoms with Crippen LogP contribution in [0.3, 0.4) is 0 Å². The molecule has 1 aromatic heterocycles. The number of hydrogen-bond acceptors (Lipinski definition) is 3. The SMILES string of the molecule is Cc1ccc(-n2cncc2C(N)CO)cc1C(F)(F)F. The fourth-order valence-electron chi connectivity index (χ4n) is 1.95. The van der Waals surface area contributed by atoms with Gasteiger partial charge < -0.3 is 15.4 Å². The average Bonchev–Trinajstić information content (AvgIpc) is 2.86. The van der Waals surface area contributed by atoms with Crippen molar-refractivity contribution in [1.29, 1.82) is 0 Å². The number of imidazole rings is 1. The van der Waals surface area contributed by atoms with Crippen LogP contribution in [-0.4, -0.2) is 21.3 Å². The fraction of sp³-hybridized carbons (Fsp3) is 0.308. The Morgan fingerprint density at radius 2 is 2.10 bits per heavy atom. The Morgan fingerprint density at radius 1 is 1.40 bits per heavy atom. The minimum absolute atomic E-state index is 0.148. The van der Waals surface area contributed by atoms with Crippen molar-refractivity contribution in [1.82, 2.24) is 9.55 Å². The van der Waals surface area contributed by atoms with Crippen molar-refractivity contribution in [2.24, 2.45) is 5.73 Å². The lowest BCUT2D eigenvalue weighted by molar-refractivity contribution is -0.138. The first-order chi connectivity index (χ1) is 9.34. The van der Waals surface area contributed by atoms with E-state index in [9.17, 15) is 13.2 Å². The zero-order chi connectivity index (χ0) is 14.9. The lowest BCUT2D eigenvalue weighted by Crippen LogP contribution is -2.18. The van der Waals surface area contributed by atoms with E-state index >= 15 is 0 Å². The summed E-state index contributed by atoms with van der Waals surface area (Å²) in [6, 6.07) is 3.30. The van der Waals surface area contributed by atoms with E-state index in [2.05, 4.69) is 4.98 Å². The first-order valence-electron chi connectivity index (χ1n) is 5.91. The minimum Gasteiger partial charge on any atom is -0.394 e. The summed E-state index contributed by atoms with van der Waals surface area (Å²) in [5, 5.41) is 9.06. The van der Waals surface area contributed by atoms with Crippen molar-refractivity contribution >= 4 is 0 Å².